The van der Waals surface area contributed by atoms with E-state index in [4.69, 9.17) is 9.47 Å². The van der Waals surface area contributed by atoms with Gasteiger partial charge < -0.3 is 9.47 Å². The van der Waals surface area contributed by atoms with E-state index in [-0.39, 0.29) is 17.9 Å². The lowest BCUT2D eigenvalue weighted by molar-refractivity contribution is -0.143. The number of carbonyl (C=O) groups is 1. The summed E-state index contributed by atoms with van der Waals surface area (Å²) in [7, 11) is 1.56. The second-order valence-electron chi connectivity index (χ2n) is 6.04. The van der Waals surface area contributed by atoms with E-state index in [1.165, 1.54) is 11.8 Å². The van der Waals surface area contributed by atoms with Gasteiger partial charge in [0.1, 0.15) is 5.75 Å². The average molecular weight is 398 g/mol. The molecule has 0 amide bonds. The van der Waals surface area contributed by atoms with Crippen LogP contribution in [0.25, 0.3) is 16.6 Å². The fraction of sp³-hybridized carbons (Fsp3) is 0.286. The summed E-state index contributed by atoms with van der Waals surface area (Å²) in [6, 6.07) is 14.5. The largest absolute Gasteiger partial charge is 0.495 e. The first-order valence-electron chi connectivity index (χ1n) is 9.09. The molecule has 6 nitrogen and oxygen atoms in total. The number of para-hydroxylation sites is 3. The average Bonchev–Trinajstić information content (AvgIpc) is 2.72. The van der Waals surface area contributed by atoms with Crippen LogP contribution in [-0.2, 0) is 9.53 Å². The normalized spacial score (nSPS) is 10.8. The third-order valence-electron chi connectivity index (χ3n) is 4.08. The van der Waals surface area contributed by atoms with Gasteiger partial charge in [-0.1, -0.05) is 43.0 Å². The zero-order valence-corrected chi connectivity index (χ0v) is 16.7. The molecule has 146 valence electrons. The number of rotatable bonds is 8. The molecular weight excluding hydrogens is 376 g/mol. The number of ether oxygens (including phenoxy) is 2. The Kier molecular flexibility index (Phi) is 6.71. The first-order valence-corrected chi connectivity index (χ1v) is 10.1. The number of aromatic nitrogens is 2. The number of carbonyl (C=O) groups excluding carboxylic acids is 1. The van der Waals surface area contributed by atoms with Gasteiger partial charge in [0.15, 0.2) is 5.16 Å². The van der Waals surface area contributed by atoms with E-state index in [0.717, 1.165) is 6.42 Å². The maximum Gasteiger partial charge on any atom is 0.306 e. The van der Waals surface area contributed by atoms with Crippen LogP contribution in [0.3, 0.4) is 0 Å². The Hall–Kier alpha value is -2.80. The molecule has 0 bridgehead atoms. The highest BCUT2D eigenvalue weighted by Gasteiger charge is 2.16. The summed E-state index contributed by atoms with van der Waals surface area (Å²) in [6.45, 7) is 2.37. The summed E-state index contributed by atoms with van der Waals surface area (Å²) >= 11 is 1.35. The van der Waals surface area contributed by atoms with Crippen molar-refractivity contribution in [2.24, 2.45) is 0 Å². The van der Waals surface area contributed by atoms with Gasteiger partial charge in [-0.15, -0.1) is 0 Å². The first kappa shape index (κ1) is 19.9. The van der Waals surface area contributed by atoms with Gasteiger partial charge in [-0.2, -0.15) is 0 Å². The molecule has 0 saturated carbocycles. The summed E-state index contributed by atoms with van der Waals surface area (Å²) in [5.41, 5.74) is 1.06. The Morgan fingerprint density at radius 1 is 1.14 bits per heavy atom. The van der Waals surface area contributed by atoms with Crippen LogP contribution < -0.4 is 10.3 Å². The summed E-state index contributed by atoms with van der Waals surface area (Å²) in [4.78, 5) is 29.7. The lowest BCUT2D eigenvalue weighted by Gasteiger charge is -2.15. The minimum atomic E-state index is -0.249. The Morgan fingerprint density at radius 3 is 2.68 bits per heavy atom. The molecule has 1 aromatic heterocycles. The molecule has 0 aliphatic carbocycles. The number of hydrogen-bond donors (Lipinski definition) is 0. The number of nitrogens with zero attached hydrogens (tertiary/aromatic N) is 2. The van der Waals surface area contributed by atoms with Crippen molar-refractivity contribution in [2.75, 3.05) is 19.5 Å². The van der Waals surface area contributed by atoms with Crippen molar-refractivity contribution in [3.63, 3.8) is 0 Å². The molecule has 0 unspecified atom stereocenters. The van der Waals surface area contributed by atoms with Crippen LogP contribution in [-0.4, -0.2) is 35.0 Å². The van der Waals surface area contributed by atoms with Crippen molar-refractivity contribution in [3.05, 3.63) is 58.9 Å². The highest BCUT2D eigenvalue weighted by atomic mass is 32.2. The third kappa shape index (κ3) is 4.36. The van der Waals surface area contributed by atoms with Gasteiger partial charge in [-0.05, 0) is 30.7 Å². The molecule has 1 heterocycles. The van der Waals surface area contributed by atoms with Crippen molar-refractivity contribution < 1.29 is 14.3 Å². The van der Waals surface area contributed by atoms with Gasteiger partial charge in [-0.3, -0.25) is 14.2 Å². The van der Waals surface area contributed by atoms with E-state index >= 15 is 0 Å². The Balaban J connectivity index is 2.00. The van der Waals surface area contributed by atoms with Crippen molar-refractivity contribution >= 4 is 28.6 Å². The third-order valence-corrected chi connectivity index (χ3v) is 5.02. The van der Waals surface area contributed by atoms with Crippen molar-refractivity contribution in [1.82, 2.24) is 9.55 Å². The molecule has 0 radical (unpaired) electrons. The SMILES string of the molecule is CCCOC(=O)CCSc1nc2ccccc2c(=O)n1-c1ccccc1OC. The minimum Gasteiger partial charge on any atom is -0.495 e. The van der Waals surface area contributed by atoms with Gasteiger partial charge in [0.25, 0.3) is 5.56 Å². The Bertz CT molecular complexity index is 1030. The van der Waals surface area contributed by atoms with E-state index in [1.54, 1.807) is 23.8 Å². The minimum absolute atomic E-state index is 0.175. The molecule has 0 N–H and O–H groups in total. The molecule has 0 aliphatic heterocycles. The first-order chi connectivity index (χ1) is 13.7. The highest BCUT2D eigenvalue weighted by molar-refractivity contribution is 7.99. The van der Waals surface area contributed by atoms with Crippen molar-refractivity contribution in [1.29, 1.82) is 0 Å². The van der Waals surface area contributed by atoms with Gasteiger partial charge >= 0.3 is 5.97 Å². The van der Waals surface area contributed by atoms with Crippen LogP contribution in [0.4, 0.5) is 0 Å². The number of fused-ring (bicyclic) bond motifs is 1. The number of thioether (sulfide) groups is 1. The standard InChI is InChI=1S/C21H22N2O4S/c1-3-13-27-19(24)12-14-28-21-22-16-9-5-4-8-15(16)20(25)23(21)17-10-6-7-11-18(17)26-2/h4-11H,3,12-14H2,1-2H3. The van der Waals surface area contributed by atoms with Crippen LogP contribution in [0.2, 0.25) is 0 Å². The summed E-state index contributed by atoms with van der Waals surface area (Å²) in [5, 5.41) is 1.04. The van der Waals surface area contributed by atoms with E-state index in [2.05, 4.69) is 4.98 Å². The van der Waals surface area contributed by atoms with Crippen LogP contribution in [0.5, 0.6) is 5.75 Å². The summed E-state index contributed by atoms with van der Waals surface area (Å²) in [5.74, 6) is 0.787. The number of esters is 1. The molecule has 28 heavy (non-hydrogen) atoms. The van der Waals surface area contributed by atoms with Crippen LogP contribution in [0.1, 0.15) is 19.8 Å². The second kappa shape index (κ2) is 9.41. The lowest BCUT2D eigenvalue weighted by Crippen LogP contribution is -2.22. The summed E-state index contributed by atoms with van der Waals surface area (Å²) in [6.07, 6.45) is 1.04. The number of benzene rings is 2. The zero-order valence-electron chi connectivity index (χ0n) is 15.9. The van der Waals surface area contributed by atoms with E-state index in [9.17, 15) is 9.59 Å². The van der Waals surface area contributed by atoms with Gasteiger partial charge in [0.05, 0.1) is 36.7 Å². The molecule has 0 saturated heterocycles. The molecular formula is C21H22N2O4S. The zero-order chi connectivity index (χ0) is 19.9. The highest BCUT2D eigenvalue weighted by Crippen LogP contribution is 2.27. The predicted octanol–water partition coefficient (Wildman–Crippen LogP) is 3.83. The van der Waals surface area contributed by atoms with Crippen molar-refractivity contribution in [2.45, 2.75) is 24.9 Å². The number of hydrogen-bond acceptors (Lipinski definition) is 6. The van der Waals surface area contributed by atoms with Crippen molar-refractivity contribution in [3.8, 4) is 11.4 Å². The molecule has 3 aromatic rings. The molecule has 3 rings (SSSR count). The number of methoxy groups -OCH3 is 1. The molecule has 0 atom stereocenters. The lowest BCUT2D eigenvalue weighted by atomic mass is 10.2. The monoisotopic (exact) mass is 398 g/mol. The second-order valence-corrected chi connectivity index (χ2v) is 7.10. The van der Waals surface area contributed by atoms with E-state index < -0.39 is 0 Å². The maximum absolute atomic E-state index is 13.2. The Morgan fingerprint density at radius 2 is 1.89 bits per heavy atom. The van der Waals surface area contributed by atoms with Gasteiger partial charge in [0.2, 0.25) is 0 Å². The molecule has 0 aliphatic rings. The van der Waals surface area contributed by atoms with Crippen LogP contribution in [0.15, 0.2) is 58.5 Å². The fourth-order valence-electron chi connectivity index (χ4n) is 2.75. The smallest absolute Gasteiger partial charge is 0.306 e. The van der Waals surface area contributed by atoms with E-state index in [1.807, 2.05) is 43.3 Å². The molecule has 2 aromatic carbocycles. The fourth-order valence-corrected chi connectivity index (χ4v) is 3.67. The Labute approximate surface area is 167 Å². The summed E-state index contributed by atoms with van der Waals surface area (Å²) < 4.78 is 12.1. The quantitative estimate of drug-likeness (QED) is 0.326. The topological polar surface area (TPSA) is 70.4 Å². The molecule has 7 heteroatoms. The molecule has 0 spiro atoms. The van der Waals surface area contributed by atoms with E-state index in [0.29, 0.717) is 39.9 Å². The molecule has 0 fully saturated rings. The van der Waals surface area contributed by atoms with Gasteiger partial charge in [0, 0.05) is 5.75 Å². The van der Waals surface area contributed by atoms with Gasteiger partial charge in [-0.25, -0.2) is 4.98 Å². The predicted molar refractivity (Wildman–Crippen MR) is 110 cm³/mol. The maximum atomic E-state index is 13.2. The van der Waals surface area contributed by atoms with Crippen LogP contribution in [0, 0.1) is 0 Å². The van der Waals surface area contributed by atoms with Crippen LogP contribution >= 0.6 is 11.8 Å².